The molecule has 0 saturated carbocycles. The van der Waals surface area contributed by atoms with Gasteiger partial charge in [0.05, 0.1) is 16.8 Å². The van der Waals surface area contributed by atoms with Gasteiger partial charge in [-0.2, -0.15) is 18.4 Å². The molecule has 0 amide bonds. The van der Waals surface area contributed by atoms with Crippen molar-refractivity contribution >= 4 is 5.69 Å². The second-order valence-electron chi connectivity index (χ2n) is 4.94. The molecule has 3 nitrogen and oxygen atoms in total. The molecule has 2 rings (SSSR count). The van der Waals surface area contributed by atoms with Gasteiger partial charge < -0.3 is 10.6 Å². The third-order valence-electron chi connectivity index (χ3n) is 3.51. The Balaban J connectivity index is 2.06. The smallest absolute Gasteiger partial charge is 0.384 e. The summed E-state index contributed by atoms with van der Waals surface area (Å²) in [6, 6.07) is 5.06. The molecule has 6 heteroatoms. The Kier molecular flexibility index (Phi) is 4.50. The maximum Gasteiger partial charge on any atom is 0.416 e. The van der Waals surface area contributed by atoms with Crippen LogP contribution in [0.5, 0.6) is 0 Å². The minimum atomic E-state index is -4.42. The van der Waals surface area contributed by atoms with Crippen molar-refractivity contribution in [1.29, 1.82) is 5.26 Å². The Morgan fingerprint density at radius 3 is 2.60 bits per heavy atom. The SMILES string of the molecule is N#Cc1cc(C(F)(F)F)ccc1NCC1CCNCC1. The van der Waals surface area contributed by atoms with Gasteiger partial charge in [0.15, 0.2) is 0 Å². The van der Waals surface area contributed by atoms with Gasteiger partial charge in [0, 0.05) is 6.54 Å². The van der Waals surface area contributed by atoms with E-state index in [1.54, 1.807) is 0 Å². The molecular formula is C14H16F3N3. The van der Waals surface area contributed by atoms with Crippen LogP contribution in [0.3, 0.4) is 0 Å². The highest BCUT2D eigenvalue weighted by molar-refractivity contribution is 5.59. The van der Waals surface area contributed by atoms with E-state index in [1.807, 2.05) is 6.07 Å². The second-order valence-corrected chi connectivity index (χ2v) is 4.94. The minimum Gasteiger partial charge on any atom is -0.384 e. The lowest BCUT2D eigenvalue weighted by Gasteiger charge is -2.23. The molecule has 0 unspecified atom stereocenters. The van der Waals surface area contributed by atoms with E-state index in [9.17, 15) is 13.2 Å². The van der Waals surface area contributed by atoms with Crippen molar-refractivity contribution in [3.63, 3.8) is 0 Å². The molecule has 1 fully saturated rings. The zero-order valence-electron chi connectivity index (χ0n) is 10.9. The van der Waals surface area contributed by atoms with Gasteiger partial charge in [0.1, 0.15) is 6.07 Å². The van der Waals surface area contributed by atoms with Gasteiger partial charge in [-0.1, -0.05) is 0 Å². The lowest BCUT2D eigenvalue weighted by Crippen LogP contribution is -2.31. The van der Waals surface area contributed by atoms with E-state index in [0.29, 0.717) is 18.2 Å². The number of nitriles is 1. The average Bonchev–Trinajstić information content (AvgIpc) is 2.45. The molecule has 2 N–H and O–H groups in total. The highest BCUT2D eigenvalue weighted by atomic mass is 19.4. The van der Waals surface area contributed by atoms with Crippen LogP contribution in [0.4, 0.5) is 18.9 Å². The van der Waals surface area contributed by atoms with Crippen LogP contribution in [-0.4, -0.2) is 19.6 Å². The fourth-order valence-corrected chi connectivity index (χ4v) is 2.31. The molecule has 1 saturated heterocycles. The number of nitrogens with one attached hydrogen (secondary N) is 2. The van der Waals surface area contributed by atoms with E-state index < -0.39 is 11.7 Å². The lowest BCUT2D eigenvalue weighted by molar-refractivity contribution is -0.137. The maximum atomic E-state index is 12.6. The molecule has 0 bridgehead atoms. The zero-order valence-corrected chi connectivity index (χ0v) is 10.9. The number of nitrogens with zero attached hydrogens (tertiary/aromatic N) is 1. The van der Waals surface area contributed by atoms with Gasteiger partial charge in [0.25, 0.3) is 0 Å². The third kappa shape index (κ3) is 3.64. The normalized spacial score (nSPS) is 16.7. The van der Waals surface area contributed by atoms with Crippen LogP contribution in [0.25, 0.3) is 0 Å². The largest absolute Gasteiger partial charge is 0.416 e. The van der Waals surface area contributed by atoms with Gasteiger partial charge in [-0.05, 0) is 50.0 Å². The van der Waals surface area contributed by atoms with Gasteiger partial charge in [0.2, 0.25) is 0 Å². The maximum absolute atomic E-state index is 12.6. The van der Waals surface area contributed by atoms with Crippen molar-refractivity contribution in [2.45, 2.75) is 19.0 Å². The zero-order chi connectivity index (χ0) is 14.6. The fourth-order valence-electron chi connectivity index (χ4n) is 2.31. The van der Waals surface area contributed by atoms with Crippen LogP contribution in [0.15, 0.2) is 18.2 Å². The van der Waals surface area contributed by atoms with Crippen molar-refractivity contribution < 1.29 is 13.2 Å². The summed E-state index contributed by atoms with van der Waals surface area (Å²) in [7, 11) is 0. The Bertz CT molecular complexity index is 499. The van der Waals surface area contributed by atoms with E-state index >= 15 is 0 Å². The van der Waals surface area contributed by atoms with Crippen molar-refractivity contribution in [2.24, 2.45) is 5.92 Å². The van der Waals surface area contributed by atoms with Crippen LogP contribution >= 0.6 is 0 Å². The Morgan fingerprint density at radius 1 is 1.30 bits per heavy atom. The summed E-state index contributed by atoms with van der Waals surface area (Å²) in [6.07, 6.45) is -2.34. The van der Waals surface area contributed by atoms with Crippen molar-refractivity contribution in [1.82, 2.24) is 5.32 Å². The van der Waals surface area contributed by atoms with Gasteiger partial charge in [-0.15, -0.1) is 0 Å². The van der Waals surface area contributed by atoms with Crippen LogP contribution in [0.2, 0.25) is 0 Å². The number of benzene rings is 1. The van der Waals surface area contributed by atoms with Crippen molar-refractivity contribution in [3.05, 3.63) is 29.3 Å². The topological polar surface area (TPSA) is 47.9 Å². The number of hydrogen-bond donors (Lipinski definition) is 2. The number of halogens is 3. The molecule has 1 aromatic carbocycles. The molecule has 1 aliphatic heterocycles. The predicted molar refractivity (Wildman–Crippen MR) is 70.2 cm³/mol. The molecule has 20 heavy (non-hydrogen) atoms. The first-order valence-electron chi connectivity index (χ1n) is 6.56. The lowest BCUT2D eigenvalue weighted by atomic mass is 9.98. The summed E-state index contributed by atoms with van der Waals surface area (Å²) in [5, 5.41) is 15.3. The van der Waals surface area contributed by atoms with Crippen molar-refractivity contribution in [3.8, 4) is 6.07 Å². The number of hydrogen-bond acceptors (Lipinski definition) is 3. The van der Waals surface area contributed by atoms with E-state index in [1.165, 1.54) is 6.07 Å². The minimum absolute atomic E-state index is 0.0359. The van der Waals surface area contributed by atoms with E-state index in [0.717, 1.165) is 38.1 Å². The molecule has 108 valence electrons. The number of alkyl halides is 3. The van der Waals surface area contributed by atoms with Gasteiger partial charge >= 0.3 is 6.18 Å². The van der Waals surface area contributed by atoms with Crippen LogP contribution in [0, 0.1) is 17.2 Å². The summed E-state index contributed by atoms with van der Waals surface area (Å²) in [5.74, 6) is 0.491. The standard InChI is InChI=1S/C14H16F3N3/c15-14(16,17)12-1-2-13(11(7-12)8-18)20-9-10-3-5-19-6-4-10/h1-2,7,10,19-20H,3-6,9H2. The molecule has 0 aliphatic carbocycles. The number of rotatable bonds is 3. The third-order valence-corrected chi connectivity index (χ3v) is 3.51. The van der Waals surface area contributed by atoms with Crippen molar-refractivity contribution in [2.75, 3.05) is 25.0 Å². The van der Waals surface area contributed by atoms with Gasteiger partial charge in [-0.25, -0.2) is 0 Å². The molecule has 0 aromatic heterocycles. The summed E-state index contributed by atoms with van der Waals surface area (Å²) < 4.78 is 37.7. The van der Waals surface area contributed by atoms with Crippen LogP contribution < -0.4 is 10.6 Å². The molecule has 0 atom stereocenters. The second kappa shape index (κ2) is 6.14. The monoisotopic (exact) mass is 283 g/mol. The fraction of sp³-hybridized carbons (Fsp3) is 0.500. The first-order chi connectivity index (χ1) is 9.50. The highest BCUT2D eigenvalue weighted by Crippen LogP contribution is 2.31. The number of anilines is 1. The highest BCUT2D eigenvalue weighted by Gasteiger charge is 2.31. The van der Waals surface area contributed by atoms with Crippen LogP contribution in [-0.2, 0) is 6.18 Å². The summed E-state index contributed by atoms with van der Waals surface area (Å²) >= 11 is 0. The molecule has 1 heterocycles. The molecule has 0 spiro atoms. The Hall–Kier alpha value is -1.74. The van der Waals surface area contributed by atoms with E-state index in [4.69, 9.17) is 5.26 Å². The molecule has 0 radical (unpaired) electrons. The summed E-state index contributed by atoms with van der Waals surface area (Å²) in [5.41, 5.74) is -0.283. The predicted octanol–water partition coefficient (Wildman–Crippen LogP) is 2.99. The summed E-state index contributed by atoms with van der Waals surface area (Å²) in [4.78, 5) is 0. The quantitative estimate of drug-likeness (QED) is 0.896. The average molecular weight is 283 g/mol. The van der Waals surface area contributed by atoms with E-state index in [2.05, 4.69) is 10.6 Å². The van der Waals surface area contributed by atoms with E-state index in [-0.39, 0.29) is 5.56 Å². The van der Waals surface area contributed by atoms with Gasteiger partial charge in [-0.3, -0.25) is 0 Å². The van der Waals surface area contributed by atoms with Crippen LogP contribution in [0.1, 0.15) is 24.0 Å². The molecular weight excluding hydrogens is 267 g/mol. The summed E-state index contributed by atoms with van der Waals surface area (Å²) in [6.45, 7) is 2.61. The number of piperidine rings is 1. The first kappa shape index (κ1) is 14.7. The Labute approximate surface area is 115 Å². The Morgan fingerprint density at radius 2 is 2.00 bits per heavy atom. The first-order valence-corrected chi connectivity index (χ1v) is 6.56. The molecule has 1 aliphatic rings. The molecule has 1 aromatic rings.